The summed E-state index contributed by atoms with van der Waals surface area (Å²) in [4.78, 5) is 23.6. The Labute approximate surface area is 131 Å². The Morgan fingerprint density at radius 1 is 1.14 bits per heavy atom. The number of amides is 3. The average molecular weight is 303 g/mol. The molecule has 3 N–H and O–H groups in total. The molecule has 1 saturated carbocycles. The fraction of sp³-hybridized carbons (Fsp3) is 0.529. The van der Waals surface area contributed by atoms with Gasteiger partial charge in [0.05, 0.1) is 0 Å². The number of nitrogens with one attached hydrogen (secondary N) is 3. The van der Waals surface area contributed by atoms with Crippen molar-refractivity contribution in [2.75, 3.05) is 11.9 Å². The topological polar surface area (TPSA) is 70.2 Å². The summed E-state index contributed by atoms with van der Waals surface area (Å²) in [6, 6.07) is 9.24. The van der Waals surface area contributed by atoms with E-state index in [4.69, 9.17) is 0 Å². The maximum Gasteiger partial charge on any atom is 0.319 e. The number of hydrogen-bond acceptors (Lipinski definition) is 2. The lowest BCUT2D eigenvalue weighted by Crippen LogP contribution is -2.42. The standard InChI is InChI=1S/C17H25N3O2/c1-13-7-5-6-10-15(13)20-16(21)11-12-18-17(22)19-14-8-3-2-4-9-14/h2-4,8-9,13,15H,5-7,10-12H2,1H3,(H,20,21)(H2,18,19,22)/t13-,15-/m1/s1. The van der Waals surface area contributed by atoms with Gasteiger partial charge >= 0.3 is 6.03 Å². The smallest absolute Gasteiger partial charge is 0.319 e. The number of rotatable bonds is 5. The Morgan fingerprint density at radius 2 is 1.86 bits per heavy atom. The van der Waals surface area contributed by atoms with Crippen LogP contribution in [0.25, 0.3) is 0 Å². The molecule has 2 rings (SSSR count). The molecule has 5 nitrogen and oxygen atoms in total. The van der Waals surface area contributed by atoms with E-state index in [2.05, 4.69) is 22.9 Å². The van der Waals surface area contributed by atoms with Gasteiger partial charge < -0.3 is 16.0 Å². The largest absolute Gasteiger partial charge is 0.353 e. The second-order valence-electron chi connectivity index (χ2n) is 5.93. The molecule has 1 aliphatic carbocycles. The molecule has 1 fully saturated rings. The third-order valence-electron chi connectivity index (χ3n) is 4.13. The Morgan fingerprint density at radius 3 is 2.59 bits per heavy atom. The van der Waals surface area contributed by atoms with Gasteiger partial charge in [0.2, 0.25) is 5.91 Å². The molecular weight excluding hydrogens is 278 g/mol. The fourth-order valence-electron chi connectivity index (χ4n) is 2.80. The van der Waals surface area contributed by atoms with Crippen LogP contribution in [0.2, 0.25) is 0 Å². The summed E-state index contributed by atoms with van der Waals surface area (Å²) < 4.78 is 0. The SMILES string of the molecule is C[C@@H]1CCCC[C@H]1NC(=O)CCNC(=O)Nc1ccccc1. The molecule has 0 aromatic heterocycles. The maximum absolute atomic E-state index is 11.9. The van der Waals surface area contributed by atoms with Crippen LogP contribution in [0.3, 0.4) is 0 Å². The van der Waals surface area contributed by atoms with Crippen molar-refractivity contribution in [1.82, 2.24) is 10.6 Å². The molecule has 0 spiro atoms. The second kappa shape index (κ2) is 8.41. The average Bonchev–Trinajstić information content (AvgIpc) is 2.50. The number of hydrogen-bond donors (Lipinski definition) is 3. The van der Waals surface area contributed by atoms with Gasteiger partial charge in [-0.15, -0.1) is 0 Å². The second-order valence-corrected chi connectivity index (χ2v) is 5.93. The predicted octanol–water partition coefficient (Wildman–Crippen LogP) is 2.89. The van der Waals surface area contributed by atoms with E-state index in [-0.39, 0.29) is 11.9 Å². The van der Waals surface area contributed by atoms with Gasteiger partial charge in [0.15, 0.2) is 0 Å². The third-order valence-corrected chi connectivity index (χ3v) is 4.13. The zero-order valence-corrected chi connectivity index (χ0v) is 13.1. The molecule has 0 aliphatic heterocycles. The molecule has 2 atom stereocenters. The Hall–Kier alpha value is -2.04. The van der Waals surface area contributed by atoms with Crippen molar-refractivity contribution < 1.29 is 9.59 Å². The molecule has 0 heterocycles. The van der Waals surface area contributed by atoms with Crippen molar-refractivity contribution in [2.45, 2.75) is 45.1 Å². The van der Waals surface area contributed by atoms with Crippen LogP contribution in [0, 0.1) is 5.92 Å². The number of carbonyl (C=O) groups excluding carboxylic acids is 2. The zero-order chi connectivity index (χ0) is 15.8. The monoisotopic (exact) mass is 303 g/mol. The van der Waals surface area contributed by atoms with E-state index in [0.717, 1.165) is 12.1 Å². The van der Waals surface area contributed by atoms with Gasteiger partial charge in [0, 0.05) is 24.7 Å². The van der Waals surface area contributed by atoms with Crippen molar-refractivity contribution in [1.29, 1.82) is 0 Å². The molecule has 120 valence electrons. The summed E-state index contributed by atoms with van der Waals surface area (Å²) in [6.07, 6.45) is 5.00. The minimum atomic E-state index is -0.287. The van der Waals surface area contributed by atoms with Crippen LogP contribution < -0.4 is 16.0 Å². The highest BCUT2D eigenvalue weighted by atomic mass is 16.2. The van der Waals surface area contributed by atoms with E-state index in [0.29, 0.717) is 24.9 Å². The highest BCUT2D eigenvalue weighted by Gasteiger charge is 2.22. The lowest BCUT2D eigenvalue weighted by molar-refractivity contribution is -0.122. The van der Waals surface area contributed by atoms with Crippen LogP contribution in [0.15, 0.2) is 30.3 Å². The van der Waals surface area contributed by atoms with Gasteiger partial charge in [-0.3, -0.25) is 4.79 Å². The van der Waals surface area contributed by atoms with Crippen LogP contribution >= 0.6 is 0 Å². The van der Waals surface area contributed by atoms with Crippen LogP contribution in [0.1, 0.15) is 39.0 Å². The van der Waals surface area contributed by atoms with Crippen molar-refractivity contribution in [2.24, 2.45) is 5.92 Å². The van der Waals surface area contributed by atoms with Crippen LogP contribution in [-0.4, -0.2) is 24.5 Å². The summed E-state index contributed by atoms with van der Waals surface area (Å²) in [5, 5.41) is 8.50. The first-order chi connectivity index (χ1) is 10.6. The van der Waals surface area contributed by atoms with Gasteiger partial charge in [-0.2, -0.15) is 0 Å². The zero-order valence-electron chi connectivity index (χ0n) is 13.1. The molecule has 1 aromatic rings. The maximum atomic E-state index is 11.9. The number of anilines is 1. The van der Waals surface area contributed by atoms with Crippen LogP contribution in [0.4, 0.5) is 10.5 Å². The molecule has 0 unspecified atom stereocenters. The quantitative estimate of drug-likeness (QED) is 0.783. The number of carbonyl (C=O) groups is 2. The molecular formula is C17H25N3O2. The van der Waals surface area contributed by atoms with Gasteiger partial charge in [0.1, 0.15) is 0 Å². The Balaban J connectivity index is 1.63. The molecule has 1 aliphatic rings. The Bertz CT molecular complexity index is 490. The summed E-state index contributed by atoms with van der Waals surface area (Å²) in [6.45, 7) is 2.53. The highest BCUT2D eigenvalue weighted by Crippen LogP contribution is 2.23. The first-order valence-electron chi connectivity index (χ1n) is 8.04. The van der Waals surface area contributed by atoms with Crippen molar-refractivity contribution >= 4 is 17.6 Å². The molecule has 0 saturated heterocycles. The fourth-order valence-corrected chi connectivity index (χ4v) is 2.80. The van der Waals surface area contributed by atoms with E-state index in [9.17, 15) is 9.59 Å². The normalized spacial score (nSPS) is 21.0. The molecule has 22 heavy (non-hydrogen) atoms. The van der Waals surface area contributed by atoms with Crippen LogP contribution in [0.5, 0.6) is 0 Å². The third kappa shape index (κ3) is 5.39. The van der Waals surface area contributed by atoms with Gasteiger partial charge in [-0.05, 0) is 30.9 Å². The van der Waals surface area contributed by atoms with Crippen molar-refractivity contribution in [3.63, 3.8) is 0 Å². The summed E-state index contributed by atoms with van der Waals surface area (Å²) in [7, 11) is 0. The molecule has 5 heteroatoms. The van der Waals surface area contributed by atoms with Gasteiger partial charge in [-0.1, -0.05) is 38.0 Å². The lowest BCUT2D eigenvalue weighted by Gasteiger charge is -2.29. The van der Waals surface area contributed by atoms with Gasteiger partial charge in [0.25, 0.3) is 0 Å². The van der Waals surface area contributed by atoms with Gasteiger partial charge in [-0.25, -0.2) is 4.79 Å². The number of para-hydroxylation sites is 1. The lowest BCUT2D eigenvalue weighted by atomic mass is 9.86. The first-order valence-corrected chi connectivity index (χ1v) is 8.04. The Kier molecular flexibility index (Phi) is 6.25. The summed E-state index contributed by atoms with van der Waals surface area (Å²) in [5.74, 6) is 0.561. The predicted molar refractivity (Wildman–Crippen MR) is 87.6 cm³/mol. The minimum absolute atomic E-state index is 0.0127. The van der Waals surface area contributed by atoms with Crippen molar-refractivity contribution in [3.05, 3.63) is 30.3 Å². The highest BCUT2D eigenvalue weighted by molar-refractivity contribution is 5.89. The van der Waals surface area contributed by atoms with E-state index in [1.807, 2.05) is 30.3 Å². The number of urea groups is 1. The first kappa shape index (κ1) is 16.3. The molecule has 1 aromatic carbocycles. The molecule has 0 radical (unpaired) electrons. The molecule has 0 bridgehead atoms. The van der Waals surface area contributed by atoms with E-state index in [1.165, 1.54) is 19.3 Å². The van der Waals surface area contributed by atoms with E-state index >= 15 is 0 Å². The summed E-state index contributed by atoms with van der Waals surface area (Å²) >= 11 is 0. The van der Waals surface area contributed by atoms with Crippen molar-refractivity contribution in [3.8, 4) is 0 Å². The van der Waals surface area contributed by atoms with E-state index < -0.39 is 0 Å². The number of benzene rings is 1. The summed E-state index contributed by atoms with van der Waals surface area (Å²) in [5.41, 5.74) is 0.737. The van der Waals surface area contributed by atoms with E-state index in [1.54, 1.807) is 0 Å². The van der Waals surface area contributed by atoms with Crippen LogP contribution in [-0.2, 0) is 4.79 Å². The minimum Gasteiger partial charge on any atom is -0.353 e. The molecule has 3 amide bonds.